The topological polar surface area (TPSA) is 30.5 Å². The second-order valence-electron chi connectivity index (χ2n) is 5.74. The summed E-state index contributed by atoms with van der Waals surface area (Å²) in [6.07, 6.45) is 0. The molecule has 5 heteroatoms. The van der Waals surface area contributed by atoms with Gasteiger partial charge in [-0.2, -0.15) is 0 Å². The SMILES string of the molecule is CCOc1cccc(CNCc2cccs2)c1OCc1ccccc1Cl. The summed E-state index contributed by atoms with van der Waals surface area (Å²) < 4.78 is 11.9. The van der Waals surface area contributed by atoms with E-state index in [2.05, 4.69) is 28.9 Å². The number of hydrogen-bond donors (Lipinski definition) is 1. The monoisotopic (exact) mass is 387 g/mol. The molecule has 1 heterocycles. The van der Waals surface area contributed by atoms with E-state index in [1.807, 2.05) is 43.3 Å². The van der Waals surface area contributed by atoms with Crippen LogP contribution in [-0.4, -0.2) is 6.61 Å². The molecule has 0 saturated heterocycles. The zero-order chi connectivity index (χ0) is 18.2. The minimum Gasteiger partial charge on any atom is -0.490 e. The van der Waals surface area contributed by atoms with Crippen LogP contribution in [0.5, 0.6) is 11.5 Å². The first kappa shape index (κ1) is 18.8. The van der Waals surface area contributed by atoms with Crippen LogP contribution in [0.1, 0.15) is 22.9 Å². The maximum Gasteiger partial charge on any atom is 0.166 e. The molecular weight excluding hydrogens is 366 g/mol. The molecule has 2 aromatic carbocycles. The second-order valence-corrected chi connectivity index (χ2v) is 7.18. The Morgan fingerprint density at radius 2 is 1.77 bits per heavy atom. The van der Waals surface area contributed by atoms with Crippen molar-refractivity contribution >= 4 is 22.9 Å². The lowest BCUT2D eigenvalue weighted by Gasteiger charge is -2.17. The Labute approximate surface area is 163 Å². The summed E-state index contributed by atoms with van der Waals surface area (Å²) in [4.78, 5) is 1.31. The average molecular weight is 388 g/mol. The Kier molecular flexibility index (Phi) is 6.95. The van der Waals surface area contributed by atoms with Crippen molar-refractivity contribution in [3.63, 3.8) is 0 Å². The van der Waals surface area contributed by atoms with Gasteiger partial charge < -0.3 is 14.8 Å². The first-order valence-corrected chi connectivity index (χ1v) is 9.87. The standard InChI is InChI=1S/C21H22ClNO2S/c1-2-24-20-11-5-8-16(13-23-14-18-9-6-12-26-18)21(20)25-15-17-7-3-4-10-19(17)22/h3-12,23H,2,13-15H2,1H3. The second kappa shape index (κ2) is 9.62. The molecule has 0 fully saturated rings. The minimum atomic E-state index is 0.404. The molecule has 1 aromatic heterocycles. The summed E-state index contributed by atoms with van der Waals surface area (Å²) in [5.74, 6) is 1.53. The van der Waals surface area contributed by atoms with E-state index in [1.54, 1.807) is 11.3 Å². The fourth-order valence-corrected chi connectivity index (χ4v) is 3.50. The number of ether oxygens (including phenoxy) is 2. The van der Waals surface area contributed by atoms with Gasteiger partial charge >= 0.3 is 0 Å². The lowest BCUT2D eigenvalue weighted by atomic mass is 10.1. The third kappa shape index (κ3) is 5.01. The number of nitrogens with one attached hydrogen (secondary N) is 1. The lowest BCUT2D eigenvalue weighted by molar-refractivity contribution is 0.266. The molecule has 3 rings (SSSR count). The molecule has 0 unspecified atom stereocenters. The van der Waals surface area contributed by atoms with Crippen molar-refractivity contribution in [2.75, 3.05) is 6.61 Å². The van der Waals surface area contributed by atoms with Gasteiger partial charge in [-0.1, -0.05) is 48.0 Å². The molecule has 0 saturated carbocycles. The quantitative estimate of drug-likeness (QED) is 0.513. The Morgan fingerprint density at radius 3 is 2.54 bits per heavy atom. The zero-order valence-corrected chi connectivity index (χ0v) is 16.3. The van der Waals surface area contributed by atoms with Crippen LogP contribution in [0.2, 0.25) is 5.02 Å². The van der Waals surface area contributed by atoms with Gasteiger partial charge in [0, 0.05) is 34.1 Å². The van der Waals surface area contributed by atoms with E-state index in [1.165, 1.54) is 4.88 Å². The van der Waals surface area contributed by atoms with Gasteiger partial charge in [-0.05, 0) is 30.5 Å². The number of thiophene rings is 1. The van der Waals surface area contributed by atoms with E-state index < -0.39 is 0 Å². The Balaban J connectivity index is 1.73. The van der Waals surface area contributed by atoms with Gasteiger partial charge in [0.05, 0.1) is 6.61 Å². The van der Waals surface area contributed by atoms with Crippen LogP contribution in [0.15, 0.2) is 60.0 Å². The summed E-state index contributed by atoms with van der Waals surface area (Å²) in [6.45, 7) is 4.51. The molecule has 3 nitrogen and oxygen atoms in total. The summed E-state index contributed by atoms with van der Waals surface area (Å²) in [7, 11) is 0. The molecule has 1 N–H and O–H groups in total. The van der Waals surface area contributed by atoms with Gasteiger partial charge in [0.15, 0.2) is 11.5 Å². The number of rotatable bonds is 9. The van der Waals surface area contributed by atoms with Crippen molar-refractivity contribution in [1.82, 2.24) is 5.32 Å². The molecule has 0 atom stereocenters. The lowest BCUT2D eigenvalue weighted by Crippen LogP contribution is -2.13. The van der Waals surface area contributed by atoms with E-state index >= 15 is 0 Å². The predicted octanol–water partition coefficient (Wildman–Crippen LogP) is 5.67. The van der Waals surface area contributed by atoms with Crippen LogP contribution in [0, 0.1) is 0 Å². The highest BCUT2D eigenvalue weighted by atomic mass is 35.5. The van der Waals surface area contributed by atoms with Gasteiger partial charge in [0.1, 0.15) is 6.61 Å². The predicted molar refractivity (Wildman–Crippen MR) is 108 cm³/mol. The Hall–Kier alpha value is -2.01. The number of hydrogen-bond acceptors (Lipinski definition) is 4. The third-order valence-corrected chi connectivity index (χ3v) is 5.13. The van der Waals surface area contributed by atoms with Gasteiger partial charge in [-0.15, -0.1) is 11.3 Å². The number of benzene rings is 2. The van der Waals surface area contributed by atoms with E-state index in [4.69, 9.17) is 21.1 Å². The maximum absolute atomic E-state index is 6.25. The van der Waals surface area contributed by atoms with Crippen molar-refractivity contribution in [2.45, 2.75) is 26.6 Å². The summed E-state index contributed by atoms with van der Waals surface area (Å²) in [5, 5.41) is 6.27. The van der Waals surface area contributed by atoms with Crippen molar-refractivity contribution in [1.29, 1.82) is 0 Å². The fourth-order valence-electron chi connectivity index (χ4n) is 2.63. The third-order valence-electron chi connectivity index (χ3n) is 3.88. The van der Waals surface area contributed by atoms with Gasteiger partial charge in [0.25, 0.3) is 0 Å². The first-order chi connectivity index (χ1) is 12.8. The molecule has 136 valence electrons. The van der Waals surface area contributed by atoms with Crippen LogP contribution in [0.3, 0.4) is 0 Å². The highest BCUT2D eigenvalue weighted by molar-refractivity contribution is 7.09. The van der Waals surface area contributed by atoms with Crippen LogP contribution in [-0.2, 0) is 19.7 Å². The van der Waals surface area contributed by atoms with Crippen LogP contribution >= 0.6 is 22.9 Å². The summed E-state index contributed by atoms with van der Waals surface area (Å²) in [6, 6.07) is 17.9. The average Bonchev–Trinajstić information content (AvgIpc) is 3.16. The first-order valence-electron chi connectivity index (χ1n) is 8.62. The molecule has 0 aliphatic heterocycles. The molecular formula is C21H22ClNO2S. The van der Waals surface area contributed by atoms with E-state index in [0.717, 1.165) is 29.2 Å². The van der Waals surface area contributed by atoms with Gasteiger partial charge in [0.2, 0.25) is 0 Å². The van der Waals surface area contributed by atoms with Crippen molar-refractivity contribution in [3.05, 3.63) is 81.0 Å². The van der Waals surface area contributed by atoms with E-state index in [0.29, 0.717) is 24.8 Å². The molecule has 0 bridgehead atoms. The normalized spacial score (nSPS) is 10.7. The van der Waals surface area contributed by atoms with Gasteiger partial charge in [-0.25, -0.2) is 0 Å². The van der Waals surface area contributed by atoms with Crippen LogP contribution < -0.4 is 14.8 Å². The summed E-state index contributed by atoms with van der Waals surface area (Å²) >= 11 is 8.00. The summed E-state index contributed by atoms with van der Waals surface area (Å²) in [5.41, 5.74) is 2.03. The van der Waals surface area contributed by atoms with E-state index in [-0.39, 0.29) is 0 Å². The molecule has 0 spiro atoms. The van der Waals surface area contributed by atoms with Crippen molar-refractivity contribution < 1.29 is 9.47 Å². The molecule has 26 heavy (non-hydrogen) atoms. The van der Waals surface area contributed by atoms with Crippen molar-refractivity contribution in [2.24, 2.45) is 0 Å². The highest BCUT2D eigenvalue weighted by Crippen LogP contribution is 2.33. The Morgan fingerprint density at radius 1 is 0.923 bits per heavy atom. The van der Waals surface area contributed by atoms with Crippen LogP contribution in [0.4, 0.5) is 0 Å². The molecule has 0 amide bonds. The maximum atomic E-state index is 6.25. The molecule has 0 aliphatic rings. The fraction of sp³-hybridized carbons (Fsp3) is 0.238. The largest absolute Gasteiger partial charge is 0.490 e. The zero-order valence-electron chi connectivity index (χ0n) is 14.7. The molecule has 0 radical (unpaired) electrons. The minimum absolute atomic E-state index is 0.404. The van der Waals surface area contributed by atoms with Gasteiger partial charge in [-0.3, -0.25) is 0 Å². The number of halogens is 1. The smallest absolute Gasteiger partial charge is 0.166 e. The van der Waals surface area contributed by atoms with E-state index in [9.17, 15) is 0 Å². The molecule has 0 aliphatic carbocycles. The van der Waals surface area contributed by atoms with Crippen molar-refractivity contribution in [3.8, 4) is 11.5 Å². The van der Waals surface area contributed by atoms with Crippen LogP contribution in [0.25, 0.3) is 0 Å². The Bertz CT molecular complexity index is 821. The highest BCUT2D eigenvalue weighted by Gasteiger charge is 2.12. The number of para-hydroxylation sites is 1. The molecule has 3 aromatic rings.